The Hall–Kier alpha value is -1.65. The van der Waals surface area contributed by atoms with Gasteiger partial charge in [-0.3, -0.25) is 0 Å². The second kappa shape index (κ2) is 7.38. The number of halogens is 1. The lowest BCUT2D eigenvalue weighted by atomic mass is 10.1. The number of nitrogens with one attached hydrogen (secondary N) is 1. The number of aromatic nitrogens is 2. The van der Waals surface area contributed by atoms with E-state index in [0.29, 0.717) is 11.7 Å². The topological polar surface area (TPSA) is 58.0 Å². The van der Waals surface area contributed by atoms with E-state index in [1.807, 2.05) is 31.2 Å². The van der Waals surface area contributed by atoms with Gasteiger partial charge in [0.15, 0.2) is 0 Å². The summed E-state index contributed by atoms with van der Waals surface area (Å²) in [6.07, 6.45) is 1.81. The van der Waals surface area contributed by atoms with Gasteiger partial charge in [0.05, 0.1) is 6.61 Å². The molecule has 0 bridgehead atoms. The van der Waals surface area contributed by atoms with Crippen molar-refractivity contribution in [1.29, 1.82) is 0 Å². The second-order valence-electron chi connectivity index (χ2n) is 4.98. The van der Waals surface area contributed by atoms with Crippen LogP contribution in [0.4, 0.5) is 5.82 Å². The lowest BCUT2D eigenvalue weighted by molar-refractivity contribution is 0.282. The van der Waals surface area contributed by atoms with E-state index in [9.17, 15) is 0 Å². The second-order valence-corrected chi connectivity index (χ2v) is 5.34. The van der Waals surface area contributed by atoms with Crippen LogP contribution in [0.15, 0.2) is 24.3 Å². The Bertz CT molecular complexity index is 599. The monoisotopic (exact) mass is 305 g/mol. The van der Waals surface area contributed by atoms with Crippen molar-refractivity contribution in [3.05, 3.63) is 51.9 Å². The van der Waals surface area contributed by atoms with Gasteiger partial charge in [-0.25, -0.2) is 9.97 Å². The standard InChI is InChI=1S/C16H20ClN3O/c1-3-4-14-19-15(17)11(2)16(20-14)18-9-12-5-7-13(10-21)8-6-12/h5-8,21H,3-4,9-10H2,1-2H3,(H,18,19,20). The molecule has 2 aromatic rings. The van der Waals surface area contributed by atoms with Gasteiger partial charge in [-0.1, -0.05) is 42.8 Å². The Morgan fingerprint density at radius 3 is 2.43 bits per heavy atom. The first kappa shape index (κ1) is 15.7. The quantitative estimate of drug-likeness (QED) is 0.802. The van der Waals surface area contributed by atoms with Gasteiger partial charge in [-0.2, -0.15) is 0 Å². The fourth-order valence-corrected chi connectivity index (χ4v) is 2.18. The average Bonchev–Trinajstić information content (AvgIpc) is 2.50. The molecule has 0 spiro atoms. The molecule has 0 saturated heterocycles. The predicted molar refractivity (Wildman–Crippen MR) is 85.5 cm³/mol. The third kappa shape index (κ3) is 4.16. The van der Waals surface area contributed by atoms with E-state index in [1.54, 1.807) is 0 Å². The molecule has 1 aromatic heterocycles. The van der Waals surface area contributed by atoms with Crippen molar-refractivity contribution in [3.63, 3.8) is 0 Å². The van der Waals surface area contributed by atoms with Crippen molar-refractivity contribution in [2.75, 3.05) is 5.32 Å². The van der Waals surface area contributed by atoms with Crippen LogP contribution in [0.5, 0.6) is 0 Å². The van der Waals surface area contributed by atoms with Crippen LogP contribution in [0.3, 0.4) is 0 Å². The van der Waals surface area contributed by atoms with Crippen LogP contribution >= 0.6 is 11.6 Å². The minimum Gasteiger partial charge on any atom is -0.392 e. The highest BCUT2D eigenvalue weighted by Gasteiger charge is 2.08. The maximum Gasteiger partial charge on any atom is 0.137 e. The molecule has 1 aromatic carbocycles. The van der Waals surface area contributed by atoms with Gasteiger partial charge in [0.2, 0.25) is 0 Å². The zero-order valence-corrected chi connectivity index (χ0v) is 13.1. The van der Waals surface area contributed by atoms with Crippen molar-refractivity contribution in [2.45, 2.75) is 39.8 Å². The van der Waals surface area contributed by atoms with Crippen LogP contribution in [0.2, 0.25) is 5.15 Å². The largest absolute Gasteiger partial charge is 0.392 e. The highest BCUT2D eigenvalue weighted by molar-refractivity contribution is 6.30. The summed E-state index contributed by atoms with van der Waals surface area (Å²) in [4.78, 5) is 8.81. The van der Waals surface area contributed by atoms with Gasteiger partial charge < -0.3 is 10.4 Å². The molecule has 2 N–H and O–H groups in total. The molecular formula is C16H20ClN3O. The van der Waals surface area contributed by atoms with Crippen LogP contribution in [-0.2, 0) is 19.6 Å². The molecule has 1 heterocycles. The van der Waals surface area contributed by atoms with E-state index >= 15 is 0 Å². The number of anilines is 1. The van der Waals surface area contributed by atoms with Crippen molar-refractivity contribution >= 4 is 17.4 Å². The van der Waals surface area contributed by atoms with Crippen molar-refractivity contribution in [1.82, 2.24) is 9.97 Å². The van der Waals surface area contributed by atoms with E-state index in [1.165, 1.54) is 0 Å². The first-order valence-corrected chi connectivity index (χ1v) is 7.47. The maximum absolute atomic E-state index is 9.04. The molecule has 112 valence electrons. The molecule has 0 saturated carbocycles. The van der Waals surface area contributed by atoms with Crippen molar-refractivity contribution in [2.24, 2.45) is 0 Å². The zero-order chi connectivity index (χ0) is 15.2. The molecule has 0 aliphatic carbocycles. The molecule has 0 atom stereocenters. The van der Waals surface area contributed by atoms with Crippen LogP contribution in [0, 0.1) is 6.92 Å². The number of benzene rings is 1. The number of aliphatic hydroxyl groups excluding tert-OH is 1. The SMILES string of the molecule is CCCc1nc(Cl)c(C)c(NCc2ccc(CO)cc2)n1. The van der Waals surface area contributed by atoms with E-state index < -0.39 is 0 Å². The molecule has 0 amide bonds. The van der Waals surface area contributed by atoms with Crippen LogP contribution < -0.4 is 5.32 Å². The highest BCUT2D eigenvalue weighted by atomic mass is 35.5. The number of hydrogen-bond acceptors (Lipinski definition) is 4. The smallest absolute Gasteiger partial charge is 0.137 e. The average molecular weight is 306 g/mol. The summed E-state index contributed by atoms with van der Waals surface area (Å²) in [5.41, 5.74) is 2.90. The normalized spacial score (nSPS) is 10.7. The lowest BCUT2D eigenvalue weighted by Crippen LogP contribution is -2.07. The summed E-state index contributed by atoms with van der Waals surface area (Å²) in [6, 6.07) is 7.81. The predicted octanol–water partition coefficient (Wildman–Crippen LogP) is 3.50. The Labute approximate surface area is 130 Å². The molecule has 0 radical (unpaired) electrons. The Balaban J connectivity index is 2.11. The summed E-state index contributed by atoms with van der Waals surface area (Å²) in [7, 11) is 0. The summed E-state index contributed by atoms with van der Waals surface area (Å²) in [5.74, 6) is 1.55. The number of aliphatic hydroxyl groups is 1. The van der Waals surface area contributed by atoms with Crippen LogP contribution in [-0.4, -0.2) is 15.1 Å². The maximum atomic E-state index is 9.04. The summed E-state index contributed by atoms with van der Waals surface area (Å²) < 4.78 is 0. The molecular weight excluding hydrogens is 286 g/mol. The number of aryl methyl sites for hydroxylation is 1. The van der Waals surface area contributed by atoms with Gasteiger partial charge in [0.1, 0.15) is 16.8 Å². The van der Waals surface area contributed by atoms with E-state index in [2.05, 4.69) is 22.2 Å². The van der Waals surface area contributed by atoms with Crippen LogP contribution in [0.25, 0.3) is 0 Å². The van der Waals surface area contributed by atoms with Crippen molar-refractivity contribution in [3.8, 4) is 0 Å². The van der Waals surface area contributed by atoms with Gasteiger partial charge in [-0.15, -0.1) is 0 Å². The molecule has 0 fully saturated rings. The van der Waals surface area contributed by atoms with Gasteiger partial charge in [-0.05, 0) is 24.5 Å². The van der Waals surface area contributed by atoms with E-state index in [4.69, 9.17) is 16.7 Å². The fraction of sp³-hybridized carbons (Fsp3) is 0.375. The Morgan fingerprint density at radius 2 is 1.81 bits per heavy atom. The number of rotatable bonds is 6. The molecule has 21 heavy (non-hydrogen) atoms. The minimum absolute atomic E-state index is 0.0642. The summed E-state index contributed by atoms with van der Waals surface area (Å²) >= 11 is 6.16. The van der Waals surface area contributed by atoms with Crippen LogP contribution in [0.1, 0.15) is 35.9 Å². The molecule has 5 heteroatoms. The summed E-state index contributed by atoms with van der Waals surface area (Å²) in [6.45, 7) is 4.72. The lowest BCUT2D eigenvalue weighted by Gasteiger charge is -2.11. The molecule has 0 aliphatic heterocycles. The van der Waals surface area contributed by atoms with Gasteiger partial charge in [0.25, 0.3) is 0 Å². The fourth-order valence-electron chi connectivity index (χ4n) is 1.99. The highest BCUT2D eigenvalue weighted by Crippen LogP contribution is 2.21. The zero-order valence-electron chi connectivity index (χ0n) is 12.4. The first-order valence-electron chi connectivity index (χ1n) is 7.09. The molecule has 4 nitrogen and oxygen atoms in total. The molecule has 0 aliphatic rings. The number of nitrogens with zero attached hydrogens (tertiary/aromatic N) is 2. The third-order valence-corrected chi connectivity index (χ3v) is 3.64. The van der Waals surface area contributed by atoms with Crippen molar-refractivity contribution < 1.29 is 5.11 Å². The van der Waals surface area contributed by atoms with E-state index in [0.717, 1.165) is 41.2 Å². The third-order valence-electron chi connectivity index (χ3n) is 3.27. The van der Waals surface area contributed by atoms with E-state index in [-0.39, 0.29) is 6.61 Å². The number of hydrogen-bond donors (Lipinski definition) is 2. The minimum atomic E-state index is 0.0642. The Morgan fingerprint density at radius 1 is 1.14 bits per heavy atom. The molecule has 0 unspecified atom stereocenters. The summed E-state index contributed by atoms with van der Waals surface area (Å²) in [5, 5.41) is 12.9. The van der Waals surface area contributed by atoms with Gasteiger partial charge >= 0.3 is 0 Å². The first-order chi connectivity index (χ1) is 10.1. The Kier molecular flexibility index (Phi) is 5.53. The molecule has 2 rings (SSSR count). The van der Waals surface area contributed by atoms with Gasteiger partial charge in [0, 0.05) is 18.5 Å².